The van der Waals surface area contributed by atoms with Crippen LogP contribution in [0.1, 0.15) is 56.7 Å². The molecule has 0 unspecified atom stereocenters. The van der Waals surface area contributed by atoms with Gasteiger partial charge in [0.1, 0.15) is 6.04 Å². The Balaban J connectivity index is 2.22. The van der Waals surface area contributed by atoms with E-state index in [1.165, 1.54) is 11.0 Å². The Labute approximate surface area is 223 Å². The van der Waals surface area contributed by atoms with E-state index in [1.54, 1.807) is 6.92 Å². The van der Waals surface area contributed by atoms with Gasteiger partial charge in [-0.05, 0) is 57.4 Å². The van der Waals surface area contributed by atoms with Crippen LogP contribution in [-0.4, -0.2) is 50.0 Å². The summed E-state index contributed by atoms with van der Waals surface area (Å²) in [6, 6.07) is 10.7. The highest BCUT2D eigenvalue weighted by Gasteiger charge is 2.32. The standard InChI is InChI=1S/C27H36F3N3O4S/c1-6-20(3)31-26(35)21(4)32(18-22-11-7-10-19(2)16-22)25(34)14-9-15-33(38(5,36)37)24-13-8-12-23(17-24)27(28,29)30/h7-8,10-13,16-17,20-21H,6,9,14-15,18H2,1-5H3,(H,31,35)/t20-,21+/m1/s1. The van der Waals surface area contributed by atoms with Gasteiger partial charge in [0, 0.05) is 25.6 Å². The summed E-state index contributed by atoms with van der Waals surface area (Å²) in [5.41, 5.74) is 0.734. The van der Waals surface area contributed by atoms with Crippen molar-refractivity contribution in [3.05, 3.63) is 65.2 Å². The van der Waals surface area contributed by atoms with Crippen LogP contribution in [-0.2, 0) is 32.3 Å². The summed E-state index contributed by atoms with van der Waals surface area (Å²) < 4.78 is 65.2. The van der Waals surface area contributed by atoms with Crippen LogP contribution < -0.4 is 9.62 Å². The van der Waals surface area contributed by atoms with E-state index in [2.05, 4.69) is 5.32 Å². The number of nitrogens with zero attached hydrogens (tertiary/aromatic N) is 2. The van der Waals surface area contributed by atoms with Crippen LogP contribution in [0, 0.1) is 6.92 Å². The molecule has 2 rings (SSSR count). The van der Waals surface area contributed by atoms with Crippen molar-refractivity contribution in [2.24, 2.45) is 0 Å². The fraction of sp³-hybridized carbons (Fsp3) is 0.481. The maximum atomic E-state index is 13.3. The van der Waals surface area contributed by atoms with E-state index in [1.807, 2.05) is 45.0 Å². The Hall–Kier alpha value is -3.08. The van der Waals surface area contributed by atoms with Crippen molar-refractivity contribution >= 4 is 27.5 Å². The molecule has 210 valence electrons. The largest absolute Gasteiger partial charge is 0.416 e. The van der Waals surface area contributed by atoms with Gasteiger partial charge in [0.15, 0.2) is 0 Å². The molecule has 0 aliphatic carbocycles. The highest BCUT2D eigenvalue weighted by Crippen LogP contribution is 2.32. The van der Waals surface area contributed by atoms with Crippen molar-refractivity contribution in [2.45, 2.75) is 71.8 Å². The second-order valence-corrected chi connectivity index (χ2v) is 11.4. The van der Waals surface area contributed by atoms with E-state index in [9.17, 15) is 31.2 Å². The Morgan fingerprint density at radius 1 is 1.05 bits per heavy atom. The number of halogens is 3. The number of nitrogens with one attached hydrogen (secondary N) is 1. The molecule has 0 radical (unpaired) electrons. The third-order valence-corrected chi connectivity index (χ3v) is 7.41. The van der Waals surface area contributed by atoms with E-state index in [-0.39, 0.29) is 49.5 Å². The lowest BCUT2D eigenvalue weighted by molar-refractivity contribution is -0.140. The van der Waals surface area contributed by atoms with Crippen LogP contribution in [0.15, 0.2) is 48.5 Å². The zero-order valence-electron chi connectivity index (χ0n) is 22.4. The second-order valence-electron chi connectivity index (χ2n) is 9.49. The monoisotopic (exact) mass is 555 g/mol. The number of benzene rings is 2. The molecule has 0 heterocycles. The van der Waals surface area contributed by atoms with Gasteiger partial charge < -0.3 is 10.2 Å². The van der Waals surface area contributed by atoms with Gasteiger partial charge in [-0.15, -0.1) is 0 Å². The topological polar surface area (TPSA) is 86.8 Å². The maximum Gasteiger partial charge on any atom is 0.416 e. The number of aryl methyl sites for hydroxylation is 1. The lowest BCUT2D eigenvalue weighted by atomic mass is 10.1. The molecule has 2 aromatic carbocycles. The van der Waals surface area contributed by atoms with Crippen LogP contribution in [0.5, 0.6) is 0 Å². The predicted octanol–water partition coefficient (Wildman–Crippen LogP) is 4.89. The molecule has 11 heteroatoms. The third-order valence-electron chi connectivity index (χ3n) is 6.22. The summed E-state index contributed by atoms with van der Waals surface area (Å²) in [5.74, 6) is -0.669. The minimum absolute atomic E-state index is 0.0478. The second kappa shape index (κ2) is 13.1. The molecule has 0 bridgehead atoms. The maximum absolute atomic E-state index is 13.3. The lowest BCUT2D eigenvalue weighted by Crippen LogP contribution is -2.49. The van der Waals surface area contributed by atoms with E-state index < -0.39 is 27.8 Å². The summed E-state index contributed by atoms with van der Waals surface area (Å²) in [4.78, 5) is 27.6. The number of carbonyl (C=O) groups excluding carboxylic acids is 2. The van der Waals surface area contributed by atoms with Gasteiger partial charge in [0.05, 0.1) is 17.5 Å². The number of hydrogen-bond acceptors (Lipinski definition) is 4. The molecule has 1 N–H and O–H groups in total. The predicted molar refractivity (Wildman–Crippen MR) is 142 cm³/mol. The van der Waals surface area contributed by atoms with Gasteiger partial charge in [-0.3, -0.25) is 13.9 Å². The number of hydrogen-bond donors (Lipinski definition) is 1. The quantitative estimate of drug-likeness (QED) is 0.404. The van der Waals surface area contributed by atoms with Crippen LogP contribution in [0.3, 0.4) is 0 Å². The highest BCUT2D eigenvalue weighted by molar-refractivity contribution is 7.92. The Morgan fingerprint density at radius 2 is 1.71 bits per heavy atom. The fourth-order valence-electron chi connectivity index (χ4n) is 3.90. The molecule has 0 aromatic heterocycles. The summed E-state index contributed by atoms with van der Waals surface area (Å²) >= 11 is 0. The summed E-state index contributed by atoms with van der Waals surface area (Å²) in [6.45, 7) is 7.34. The van der Waals surface area contributed by atoms with Crippen LogP contribution in [0.2, 0.25) is 0 Å². The van der Waals surface area contributed by atoms with Crippen molar-refractivity contribution in [3.63, 3.8) is 0 Å². The normalized spacial score (nSPS) is 13.5. The number of carbonyl (C=O) groups is 2. The van der Waals surface area contributed by atoms with Gasteiger partial charge in [-0.2, -0.15) is 13.2 Å². The number of rotatable bonds is 12. The Bertz CT molecular complexity index is 1220. The van der Waals surface area contributed by atoms with E-state index in [0.29, 0.717) is 0 Å². The van der Waals surface area contributed by atoms with Crippen molar-refractivity contribution in [3.8, 4) is 0 Å². The molecular weight excluding hydrogens is 519 g/mol. The SMILES string of the molecule is CC[C@@H](C)NC(=O)[C@H](C)N(Cc1cccc(C)c1)C(=O)CCCN(c1cccc(C(F)(F)F)c1)S(C)(=O)=O. The first kappa shape index (κ1) is 31.1. The van der Waals surface area contributed by atoms with E-state index in [0.717, 1.165) is 46.3 Å². The molecule has 0 fully saturated rings. The van der Waals surface area contributed by atoms with Gasteiger partial charge >= 0.3 is 6.18 Å². The molecule has 2 atom stereocenters. The average molecular weight is 556 g/mol. The zero-order valence-corrected chi connectivity index (χ0v) is 23.2. The molecular formula is C27H36F3N3O4S. The number of sulfonamides is 1. The van der Waals surface area contributed by atoms with Crippen molar-refractivity contribution in [1.29, 1.82) is 0 Å². The molecule has 7 nitrogen and oxygen atoms in total. The lowest BCUT2D eigenvalue weighted by Gasteiger charge is -2.30. The zero-order chi connectivity index (χ0) is 28.7. The molecule has 38 heavy (non-hydrogen) atoms. The van der Waals surface area contributed by atoms with Gasteiger partial charge in [-0.1, -0.05) is 42.8 Å². The average Bonchev–Trinajstić information content (AvgIpc) is 2.83. The van der Waals surface area contributed by atoms with Crippen molar-refractivity contribution in [2.75, 3.05) is 17.1 Å². The molecule has 2 aromatic rings. The first-order valence-corrected chi connectivity index (χ1v) is 14.3. The third kappa shape index (κ3) is 9.04. The smallest absolute Gasteiger partial charge is 0.352 e. The molecule has 0 aliphatic rings. The van der Waals surface area contributed by atoms with Crippen LogP contribution >= 0.6 is 0 Å². The molecule has 0 aliphatic heterocycles. The van der Waals surface area contributed by atoms with Gasteiger partial charge in [-0.25, -0.2) is 8.42 Å². The van der Waals surface area contributed by atoms with Crippen molar-refractivity contribution < 1.29 is 31.2 Å². The molecule has 0 saturated carbocycles. The minimum atomic E-state index is -4.63. The summed E-state index contributed by atoms with van der Waals surface area (Å²) in [7, 11) is -3.92. The number of amides is 2. The molecule has 2 amide bonds. The van der Waals surface area contributed by atoms with E-state index >= 15 is 0 Å². The Morgan fingerprint density at radius 3 is 2.29 bits per heavy atom. The minimum Gasteiger partial charge on any atom is -0.352 e. The van der Waals surface area contributed by atoms with Crippen LogP contribution in [0.4, 0.5) is 18.9 Å². The van der Waals surface area contributed by atoms with Crippen molar-refractivity contribution in [1.82, 2.24) is 10.2 Å². The van der Waals surface area contributed by atoms with Gasteiger partial charge in [0.2, 0.25) is 21.8 Å². The number of alkyl halides is 3. The van der Waals surface area contributed by atoms with Crippen LogP contribution in [0.25, 0.3) is 0 Å². The number of anilines is 1. The van der Waals surface area contributed by atoms with E-state index in [4.69, 9.17) is 0 Å². The summed E-state index contributed by atoms with van der Waals surface area (Å²) in [6.07, 6.45) is -3.05. The first-order valence-electron chi connectivity index (χ1n) is 12.4. The Kier molecular flexibility index (Phi) is 10.8. The highest BCUT2D eigenvalue weighted by atomic mass is 32.2. The fourth-order valence-corrected chi connectivity index (χ4v) is 4.85. The molecule has 0 spiro atoms. The molecule has 0 saturated heterocycles. The summed E-state index contributed by atoms with van der Waals surface area (Å²) in [5, 5.41) is 2.88. The first-order chi connectivity index (χ1) is 17.6. The van der Waals surface area contributed by atoms with Gasteiger partial charge in [0.25, 0.3) is 0 Å².